The molecule has 1 unspecified atom stereocenters. The van der Waals surface area contributed by atoms with E-state index in [4.69, 9.17) is 20.8 Å². The van der Waals surface area contributed by atoms with Gasteiger partial charge < -0.3 is 19.6 Å². The molecule has 0 saturated carbocycles. The zero-order valence-electron chi connectivity index (χ0n) is 13.1. The number of amides is 1. The lowest BCUT2D eigenvalue weighted by atomic mass is 10.0. The zero-order valence-corrected chi connectivity index (χ0v) is 13.9. The van der Waals surface area contributed by atoms with Gasteiger partial charge in [0.15, 0.2) is 0 Å². The first kappa shape index (κ1) is 17.4. The molecule has 1 heterocycles. The second kappa shape index (κ2) is 7.53. The maximum Gasteiger partial charge on any atom is 0.223 e. The van der Waals surface area contributed by atoms with Crippen molar-refractivity contribution in [3.63, 3.8) is 0 Å². The van der Waals surface area contributed by atoms with Crippen LogP contribution in [-0.2, 0) is 10.4 Å². The van der Waals surface area contributed by atoms with Crippen LogP contribution >= 0.6 is 11.6 Å². The fourth-order valence-corrected chi connectivity index (χ4v) is 2.18. The van der Waals surface area contributed by atoms with Gasteiger partial charge in [0.05, 0.1) is 24.6 Å². The summed E-state index contributed by atoms with van der Waals surface area (Å²) in [5.41, 5.74) is -1.26. The molecule has 1 amide bonds. The van der Waals surface area contributed by atoms with Crippen LogP contribution in [-0.4, -0.2) is 24.2 Å². The van der Waals surface area contributed by atoms with Crippen molar-refractivity contribution in [2.24, 2.45) is 0 Å². The third kappa shape index (κ3) is 5.01. The molecule has 2 aromatic rings. The predicted molar refractivity (Wildman–Crippen MR) is 87.6 cm³/mol. The first-order valence-corrected chi connectivity index (χ1v) is 7.69. The van der Waals surface area contributed by atoms with Crippen LogP contribution in [0, 0.1) is 6.92 Å². The van der Waals surface area contributed by atoms with Crippen LogP contribution in [0.5, 0.6) is 5.75 Å². The molecule has 0 saturated heterocycles. The summed E-state index contributed by atoms with van der Waals surface area (Å²) in [6, 6.07) is 10.5. The summed E-state index contributed by atoms with van der Waals surface area (Å²) < 4.78 is 10.8. The third-order valence-electron chi connectivity index (χ3n) is 3.32. The number of ether oxygens (including phenoxy) is 1. The van der Waals surface area contributed by atoms with E-state index in [1.165, 1.54) is 0 Å². The first-order valence-electron chi connectivity index (χ1n) is 7.32. The number of para-hydroxylation sites is 1. The Morgan fingerprint density at radius 2 is 2.09 bits per heavy atom. The molecule has 1 aromatic heterocycles. The third-order valence-corrected chi connectivity index (χ3v) is 3.64. The van der Waals surface area contributed by atoms with E-state index < -0.39 is 5.60 Å². The molecule has 0 fully saturated rings. The average molecular weight is 338 g/mol. The average Bonchev–Trinajstić information content (AvgIpc) is 2.95. The lowest BCUT2D eigenvalue weighted by molar-refractivity contribution is -0.122. The summed E-state index contributed by atoms with van der Waals surface area (Å²) in [4.78, 5) is 11.8. The molecule has 0 aliphatic rings. The van der Waals surface area contributed by atoms with Gasteiger partial charge in [-0.1, -0.05) is 23.7 Å². The molecule has 2 N–H and O–H groups in total. The number of benzene rings is 1. The number of hydrogen-bond donors (Lipinski definition) is 2. The van der Waals surface area contributed by atoms with Gasteiger partial charge in [-0.3, -0.25) is 4.79 Å². The van der Waals surface area contributed by atoms with Gasteiger partial charge >= 0.3 is 0 Å². The molecule has 1 aromatic carbocycles. The largest absolute Gasteiger partial charge is 0.491 e. The van der Waals surface area contributed by atoms with Crippen molar-refractivity contribution in [2.75, 3.05) is 13.2 Å². The highest BCUT2D eigenvalue weighted by Crippen LogP contribution is 2.23. The number of nitrogens with one attached hydrogen (secondary N) is 1. The molecular formula is C17H20ClNO4. The van der Waals surface area contributed by atoms with Crippen molar-refractivity contribution < 1.29 is 19.1 Å². The van der Waals surface area contributed by atoms with Gasteiger partial charge in [-0.2, -0.15) is 0 Å². The molecule has 1 atom stereocenters. The van der Waals surface area contributed by atoms with Crippen LogP contribution in [0.2, 0.25) is 5.02 Å². The smallest absolute Gasteiger partial charge is 0.223 e. The Morgan fingerprint density at radius 1 is 1.35 bits per heavy atom. The number of carbonyl (C=O) groups is 1. The van der Waals surface area contributed by atoms with Crippen LogP contribution < -0.4 is 10.1 Å². The van der Waals surface area contributed by atoms with E-state index in [1.807, 2.05) is 6.07 Å². The van der Waals surface area contributed by atoms with Crippen molar-refractivity contribution in [2.45, 2.75) is 25.9 Å². The Kier molecular flexibility index (Phi) is 5.69. The zero-order chi connectivity index (χ0) is 16.9. The van der Waals surface area contributed by atoms with Crippen molar-refractivity contribution in [3.8, 4) is 5.75 Å². The van der Waals surface area contributed by atoms with E-state index in [-0.39, 0.29) is 25.5 Å². The number of aliphatic hydroxyl groups is 1. The number of aryl methyl sites for hydroxylation is 1. The van der Waals surface area contributed by atoms with Crippen LogP contribution in [0.1, 0.15) is 24.9 Å². The maximum absolute atomic E-state index is 11.8. The van der Waals surface area contributed by atoms with E-state index in [0.717, 1.165) is 0 Å². The summed E-state index contributed by atoms with van der Waals surface area (Å²) in [6.07, 6.45) is 0.165. The molecule has 6 heteroatoms. The van der Waals surface area contributed by atoms with Gasteiger partial charge in [0.1, 0.15) is 22.9 Å². The normalized spacial score (nSPS) is 13.4. The van der Waals surface area contributed by atoms with E-state index in [9.17, 15) is 9.90 Å². The van der Waals surface area contributed by atoms with Crippen molar-refractivity contribution in [1.29, 1.82) is 0 Å². The van der Waals surface area contributed by atoms with Gasteiger partial charge in [0, 0.05) is 0 Å². The minimum atomic E-state index is -1.26. The topological polar surface area (TPSA) is 71.7 Å². The van der Waals surface area contributed by atoms with Gasteiger partial charge in [-0.15, -0.1) is 0 Å². The number of furan rings is 1. The minimum absolute atomic E-state index is 0.0604. The van der Waals surface area contributed by atoms with Crippen molar-refractivity contribution in [1.82, 2.24) is 5.32 Å². The number of rotatable bonds is 7. The van der Waals surface area contributed by atoms with Crippen LogP contribution in [0.4, 0.5) is 0 Å². The van der Waals surface area contributed by atoms with E-state index in [1.54, 1.807) is 44.2 Å². The maximum atomic E-state index is 11.8. The second-order valence-corrected chi connectivity index (χ2v) is 5.90. The summed E-state index contributed by atoms with van der Waals surface area (Å²) in [6.45, 7) is 3.65. The lowest BCUT2D eigenvalue weighted by Crippen LogP contribution is -2.38. The highest BCUT2D eigenvalue weighted by molar-refractivity contribution is 6.32. The van der Waals surface area contributed by atoms with Crippen LogP contribution in [0.3, 0.4) is 0 Å². The fraction of sp³-hybridized carbons (Fsp3) is 0.353. The fourth-order valence-electron chi connectivity index (χ4n) is 1.99. The number of hydrogen-bond acceptors (Lipinski definition) is 4. The molecule has 0 bridgehead atoms. The standard InChI is InChI=1S/C17H20ClNO4/c1-12-7-8-15(23-12)17(2,21)11-19-16(20)9-10-22-14-6-4-3-5-13(14)18/h3-8,21H,9-11H2,1-2H3,(H,19,20). The molecular weight excluding hydrogens is 318 g/mol. The molecule has 124 valence electrons. The Morgan fingerprint density at radius 3 is 2.74 bits per heavy atom. The molecule has 0 aliphatic carbocycles. The minimum Gasteiger partial charge on any atom is -0.491 e. The highest BCUT2D eigenvalue weighted by atomic mass is 35.5. The van der Waals surface area contributed by atoms with Crippen LogP contribution in [0.15, 0.2) is 40.8 Å². The molecule has 0 spiro atoms. The number of halogens is 1. The van der Waals surface area contributed by atoms with Crippen molar-refractivity contribution in [3.05, 3.63) is 52.9 Å². The Labute approximate surface area is 140 Å². The monoisotopic (exact) mass is 337 g/mol. The summed E-state index contributed by atoms with van der Waals surface area (Å²) in [5.74, 6) is 1.45. The number of carbonyl (C=O) groups excluding carboxylic acids is 1. The molecule has 23 heavy (non-hydrogen) atoms. The van der Waals surface area contributed by atoms with Gasteiger partial charge in [0.25, 0.3) is 0 Å². The van der Waals surface area contributed by atoms with Crippen LogP contribution in [0.25, 0.3) is 0 Å². The summed E-state index contributed by atoms with van der Waals surface area (Å²) >= 11 is 5.96. The Hall–Kier alpha value is -1.98. The quantitative estimate of drug-likeness (QED) is 0.814. The lowest BCUT2D eigenvalue weighted by Gasteiger charge is -2.21. The first-order chi connectivity index (χ1) is 10.9. The molecule has 0 aliphatic heterocycles. The predicted octanol–water partition coefficient (Wildman–Crippen LogP) is 3.03. The van der Waals surface area contributed by atoms with Gasteiger partial charge in [-0.05, 0) is 38.1 Å². The second-order valence-electron chi connectivity index (χ2n) is 5.49. The molecule has 0 radical (unpaired) electrons. The van der Waals surface area contributed by atoms with Gasteiger partial charge in [0.2, 0.25) is 5.91 Å². The molecule has 5 nitrogen and oxygen atoms in total. The van der Waals surface area contributed by atoms with Crippen molar-refractivity contribution >= 4 is 17.5 Å². The SMILES string of the molecule is Cc1ccc(C(C)(O)CNC(=O)CCOc2ccccc2Cl)o1. The Balaban J connectivity index is 1.76. The van der Waals surface area contributed by atoms with E-state index in [0.29, 0.717) is 22.3 Å². The summed E-state index contributed by atoms with van der Waals surface area (Å²) in [7, 11) is 0. The Bertz CT molecular complexity index is 666. The van der Waals surface area contributed by atoms with Gasteiger partial charge in [-0.25, -0.2) is 0 Å². The summed E-state index contributed by atoms with van der Waals surface area (Å²) in [5, 5.41) is 13.5. The highest BCUT2D eigenvalue weighted by Gasteiger charge is 2.27. The van der Waals surface area contributed by atoms with E-state index in [2.05, 4.69) is 5.32 Å². The molecule has 2 rings (SSSR count). The van der Waals surface area contributed by atoms with E-state index >= 15 is 0 Å².